The smallest absolute Gasteiger partial charge is 0.0250 e. The van der Waals surface area contributed by atoms with Gasteiger partial charge in [0.05, 0.1) is 0 Å². The van der Waals surface area contributed by atoms with Gasteiger partial charge in [-0.2, -0.15) is 0 Å². The van der Waals surface area contributed by atoms with Crippen molar-refractivity contribution in [2.45, 2.75) is 17.0 Å². The van der Waals surface area contributed by atoms with E-state index in [1.165, 1.54) is 6.42 Å². The second-order valence-corrected chi connectivity index (χ2v) is 4.69. The molecule has 0 rings (SSSR count). The standard InChI is InChI=1S/C3H8IP/c1-2-3(4)5/h3H,2,5H2,1H3. The normalized spacial score (nSPS) is 15.0. The van der Waals surface area contributed by atoms with Crippen LogP contribution < -0.4 is 0 Å². The van der Waals surface area contributed by atoms with Crippen molar-refractivity contribution in [1.82, 2.24) is 0 Å². The van der Waals surface area contributed by atoms with Crippen LogP contribution in [0.5, 0.6) is 0 Å². The Balaban J connectivity index is 2.54. The maximum absolute atomic E-state index is 2.72. The molecule has 0 aromatic rings. The predicted octanol–water partition coefficient (Wildman–Crippen LogP) is 2.03. The highest BCUT2D eigenvalue weighted by Crippen LogP contribution is 2.11. The molecular formula is C3H8IP. The molecule has 0 bridgehead atoms. The first-order valence-corrected chi connectivity index (χ1v) is 3.58. The van der Waals surface area contributed by atoms with Crippen LogP contribution in [-0.4, -0.2) is 3.67 Å². The zero-order valence-electron chi connectivity index (χ0n) is 3.24. The minimum Gasteiger partial charge on any atom is -0.124 e. The Labute approximate surface area is 49.1 Å². The SMILES string of the molecule is CCC(P)I. The van der Waals surface area contributed by atoms with Crippen LogP contribution in [0.15, 0.2) is 0 Å². The van der Waals surface area contributed by atoms with E-state index in [-0.39, 0.29) is 0 Å². The number of alkyl halides is 1. The van der Waals surface area contributed by atoms with Gasteiger partial charge in [-0.3, -0.25) is 0 Å². The van der Waals surface area contributed by atoms with E-state index < -0.39 is 0 Å². The molecule has 2 unspecified atom stereocenters. The van der Waals surface area contributed by atoms with Crippen molar-refractivity contribution in [1.29, 1.82) is 0 Å². The summed E-state index contributed by atoms with van der Waals surface area (Å²) >= 11 is 2.37. The Morgan fingerprint density at radius 1 is 2.00 bits per heavy atom. The van der Waals surface area contributed by atoms with Crippen molar-refractivity contribution < 1.29 is 0 Å². The lowest BCUT2D eigenvalue weighted by molar-refractivity contribution is 1.08. The topological polar surface area (TPSA) is 0 Å². The summed E-state index contributed by atoms with van der Waals surface area (Å²) in [6, 6.07) is 0. The molecule has 0 heterocycles. The van der Waals surface area contributed by atoms with Crippen molar-refractivity contribution in [2.75, 3.05) is 0 Å². The van der Waals surface area contributed by atoms with Crippen LogP contribution in [0.2, 0.25) is 0 Å². The van der Waals surface area contributed by atoms with E-state index in [2.05, 4.69) is 38.8 Å². The first-order valence-electron chi connectivity index (χ1n) is 1.67. The highest BCUT2D eigenvalue weighted by molar-refractivity contribution is 14.1. The minimum atomic E-state index is 0.771. The lowest BCUT2D eigenvalue weighted by Crippen LogP contribution is -1.72. The summed E-state index contributed by atoms with van der Waals surface area (Å²) in [5.41, 5.74) is 0. The van der Waals surface area contributed by atoms with E-state index in [4.69, 9.17) is 0 Å². The lowest BCUT2D eigenvalue weighted by Gasteiger charge is -1.88. The monoisotopic (exact) mass is 202 g/mol. The van der Waals surface area contributed by atoms with Crippen LogP contribution in [0.25, 0.3) is 0 Å². The number of halogens is 1. The first kappa shape index (κ1) is 6.16. The largest absolute Gasteiger partial charge is 0.124 e. The molecule has 0 aromatic carbocycles. The van der Waals surface area contributed by atoms with Gasteiger partial charge in [-0.05, 0) is 6.42 Å². The van der Waals surface area contributed by atoms with E-state index >= 15 is 0 Å². The Bertz CT molecular complexity index is 20.9. The van der Waals surface area contributed by atoms with Crippen LogP contribution in [-0.2, 0) is 0 Å². The first-order chi connectivity index (χ1) is 2.27. The summed E-state index contributed by atoms with van der Waals surface area (Å²) in [6.45, 7) is 2.17. The maximum Gasteiger partial charge on any atom is 0.0250 e. The number of hydrogen-bond donors (Lipinski definition) is 0. The van der Waals surface area contributed by atoms with Gasteiger partial charge in [0.1, 0.15) is 0 Å². The quantitative estimate of drug-likeness (QED) is 0.346. The fourth-order valence-electron chi connectivity index (χ4n) is 0. The van der Waals surface area contributed by atoms with Gasteiger partial charge in [0, 0.05) is 3.67 Å². The molecule has 5 heavy (non-hydrogen) atoms. The molecule has 32 valence electrons. The van der Waals surface area contributed by atoms with Gasteiger partial charge in [0.2, 0.25) is 0 Å². The Morgan fingerprint density at radius 3 is 2.20 bits per heavy atom. The van der Waals surface area contributed by atoms with Crippen LogP contribution in [0, 0.1) is 0 Å². The van der Waals surface area contributed by atoms with Crippen molar-refractivity contribution in [3.05, 3.63) is 0 Å². The van der Waals surface area contributed by atoms with E-state index in [9.17, 15) is 0 Å². The molecule has 2 atom stereocenters. The average Bonchev–Trinajstić information content (AvgIpc) is 1.38. The molecule has 0 fully saturated rings. The maximum atomic E-state index is 2.72. The molecule has 2 heteroatoms. The molecular weight excluding hydrogens is 194 g/mol. The summed E-state index contributed by atoms with van der Waals surface area (Å²) in [6.07, 6.45) is 1.26. The van der Waals surface area contributed by atoms with Crippen LogP contribution in [0.3, 0.4) is 0 Å². The third-order valence-corrected chi connectivity index (χ3v) is 1.74. The van der Waals surface area contributed by atoms with Gasteiger partial charge >= 0.3 is 0 Å². The molecule has 0 saturated carbocycles. The fourth-order valence-corrected chi connectivity index (χ4v) is 0. The predicted molar refractivity (Wildman–Crippen MR) is 37.8 cm³/mol. The van der Waals surface area contributed by atoms with Crippen molar-refractivity contribution >= 4 is 31.8 Å². The summed E-state index contributed by atoms with van der Waals surface area (Å²) < 4.78 is 0.771. The molecule has 0 amide bonds. The molecule has 0 aromatic heterocycles. The van der Waals surface area contributed by atoms with Crippen molar-refractivity contribution in [3.63, 3.8) is 0 Å². The summed E-state index contributed by atoms with van der Waals surface area (Å²) in [5.74, 6) is 0. The highest BCUT2D eigenvalue weighted by Gasteiger charge is 1.82. The second-order valence-electron chi connectivity index (χ2n) is 0.924. The Hall–Kier alpha value is 1.16. The third-order valence-electron chi connectivity index (χ3n) is 0.390. The number of rotatable bonds is 1. The van der Waals surface area contributed by atoms with E-state index in [1.807, 2.05) is 0 Å². The molecule has 0 aliphatic rings. The van der Waals surface area contributed by atoms with Gasteiger partial charge in [-0.1, -0.05) is 29.5 Å². The minimum absolute atomic E-state index is 0.771. The van der Waals surface area contributed by atoms with Gasteiger partial charge in [0.15, 0.2) is 0 Å². The van der Waals surface area contributed by atoms with Gasteiger partial charge in [-0.25, -0.2) is 0 Å². The second kappa shape index (κ2) is 3.35. The molecule has 0 spiro atoms. The average molecular weight is 202 g/mol. The Kier molecular flexibility index (Phi) is 4.13. The van der Waals surface area contributed by atoms with E-state index in [1.54, 1.807) is 0 Å². The van der Waals surface area contributed by atoms with Crippen LogP contribution in [0.1, 0.15) is 13.3 Å². The van der Waals surface area contributed by atoms with Gasteiger partial charge in [-0.15, -0.1) is 9.24 Å². The summed E-state index contributed by atoms with van der Waals surface area (Å²) in [7, 11) is 2.72. The van der Waals surface area contributed by atoms with Crippen molar-refractivity contribution in [3.8, 4) is 0 Å². The van der Waals surface area contributed by atoms with E-state index in [0.29, 0.717) is 0 Å². The fraction of sp³-hybridized carbons (Fsp3) is 1.00. The zero-order valence-corrected chi connectivity index (χ0v) is 6.55. The highest BCUT2D eigenvalue weighted by atomic mass is 127. The zero-order chi connectivity index (χ0) is 4.28. The molecule has 0 aliphatic heterocycles. The number of hydrogen-bond acceptors (Lipinski definition) is 0. The van der Waals surface area contributed by atoms with Crippen LogP contribution >= 0.6 is 31.8 Å². The van der Waals surface area contributed by atoms with E-state index in [0.717, 1.165) is 3.67 Å². The summed E-state index contributed by atoms with van der Waals surface area (Å²) in [4.78, 5) is 0. The third kappa shape index (κ3) is 5.16. The van der Waals surface area contributed by atoms with Crippen molar-refractivity contribution in [2.24, 2.45) is 0 Å². The van der Waals surface area contributed by atoms with Gasteiger partial charge in [0.25, 0.3) is 0 Å². The molecule has 0 nitrogen and oxygen atoms in total. The Morgan fingerprint density at radius 2 is 2.20 bits per heavy atom. The molecule has 0 aliphatic carbocycles. The molecule has 0 N–H and O–H groups in total. The van der Waals surface area contributed by atoms with Crippen LogP contribution in [0.4, 0.5) is 0 Å². The molecule has 0 saturated heterocycles. The molecule has 0 radical (unpaired) electrons. The lowest BCUT2D eigenvalue weighted by atomic mass is 10.6. The van der Waals surface area contributed by atoms with Gasteiger partial charge < -0.3 is 0 Å². The summed E-state index contributed by atoms with van der Waals surface area (Å²) in [5, 5.41) is 0.